The van der Waals surface area contributed by atoms with Crippen LogP contribution in [0.3, 0.4) is 0 Å². The van der Waals surface area contributed by atoms with Crippen LogP contribution in [0.15, 0.2) is 36.8 Å². The maximum absolute atomic E-state index is 14.8. The third kappa shape index (κ3) is 3.96. The minimum absolute atomic E-state index is 0.253. The smallest absolute Gasteiger partial charge is 0.280 e. The van der Waals surface area contributed by atoms with E-state index in [2.05, 4.69) is 56.7 Å². The fraction of sp³-hybridized carbons (Fsp3) is 0.450. The van der Waals surface area contributed by atoms with E-state index in [1.165, 1.54) is 17.5 Å². The molecule has 3 heterocycles. The number of likely N-dealkylation sites (tertiary alicyclic amines) is 1. The van der Waals surface area contributed by atoms with Gasteiger partial charge in [-0.1, -0.05) is 31.2 Å². The maximum Gasteiger partial charge on any atom is 0.280 e. The number of aryl methyl sites for hydroxylation is 1. The van der Waals surface area contributed by atoms with Gasteiger partial charge < -0.3 is 5.32 Å². The van der Waals surface area contributed by atoms with Gasteiger partial charge in [-0.15, -0.1) is 0 Å². The van der Waals surface area contributed by atoms with Crippen molar-refractivity contribution in [1.29, 1.82) is 0 Å². The molecule has 1 aromatic carbocycles. The number of H-pyrrole nitrogens is 1. The summed E-state index contributed by atoms with van der Waals surface area (Å²) in [5, 5.41) is 10.2. The van der Waals surface area contributed by atoms with Gasteiger partial charge in [0, 0.05) is 13.1 Å². The van der Waals surface area contributed by atoms with E-state index in [0.29, 0.717) is 36.4 Å². The molecule has 4 rings (SSSR count). The quantitative estimate of drug-likeness (QED) is 0.680. The van der Waals surface area contributed by atoms with Gasteiger partial charge in [0.05, 0.1) is 24.2 Å². The molecule has 0 radical (unpaired) electrons. The van der Waals surface area contributed by atoms with Gasteiger partial charge >= 0.3 is 0 Å². The average molecular weight is 386 g/mol. The Hall–Kier alpha value is -2.61. The highest BCUT2D eigenvalue weighted by molar-refractivity contribution is 5.85. The Bertz CT molecular complexity index is 924. The first-order chi connectivity index (χ1) is 13.5. The Labute approximate surface area is 162 Å². The van der Waals surface area contributed by atoms with Crippen molar-refractivity contribution in [3.8, 4) is 0 Å². The number of alkyl halides is 2. The monoisotopic (exact) mass is 386 g/mol. The van der Waals surface area contributed by atoms with Crippen molar-refractivity contribution in [2.45, 2.75) is 38.2 Å². The SMILES string of the molecule is CCc1ccc(CCN2CC[C@@H](Nc3ncnc4[nH]ncc34)C(F)(F)C2)cc1. The second kappa shape index (κ2) is 7.79. The van der Waals surface area contributed by atoms with Crippen LogP contribution in [0, 0.1) is 0 Å². The summed E-state index contributed by atoms with van der Waals surface area (Å²) in [5.41, 5.74) is 3.01. The van der Waals surface area contributed by atoms with Crippen LogP contribution in [0.5, 0.6) is 0 Å². The van der Waals surface area contributed by atoms with Crippen LogP contribution < -0.4 is 5.32 Å². The maximum atomic E-state index is 14.8. The molecule has 0 saturated carbocycles. The number of hydrogen-bond donors (Lipinski definition) is 2. The zero-order valence-electron chi connectivity index (χ0n) is 15.8. The summed E-state index contributed by atoms with van der Waals surface area (Å²) in [6.45, 7) is 3.12. The van der Waals surface area contributed by atoms with E-state index in [4.69, 9.17) is 0 Å². The number of rotatable bonds is 6. The topological polar surface area (TPSA) is 69.7 Å². The summed E-state index contributed by atoms with van der Waals surface area (Å²) in [6.07, 6.45) is 5.03. The van der Waals surface area contributed by atoms with Gasteiger partial charge in [0.15, 0.2) is 5.65 Å². The van der Waals surface area contributed by atoms with Gasteiger partial charge in [-0.3, -0.25) is 10.00 Å². The Kier molecular flexibility index (Phi) is 5.21. The first-order valence-electron chi connectivity index (χ1n) is 9.64. The van der Waals surface area contributed by atoms with Crippen molar-refractivity contribution in [3.63, 3.8) is 0 Å². The van der Waals surface area contributed by atoms with Crippen LogP contribution in [0.1, 0.15) is 24.5 Å². The molecule has 0 aliphatic carbocycles. The van der Waals surface area contributed by atoms with Crippen molar-refractivity contribution in [2.24, 2.45) is 0 Å². The van der Waals surface area contributed by atoms with Crippen LogP contribution >= 0.6 is 0 Å². The minimum atomic E-state index is -2.84. The molecule has 1 atom stereocenters. The molecule has 148 valence electrons. The predicted octanol–water partition coefficient (Wildman–Crippen LogP) is 3.28. The number of aromatic amines is 1. The van der Waals surface area contributed by atoms with Gasteiger partial charge in [-0.25, -0.2) is 18.7 Å². The van der Waals surface area contributed by atoms with Gasteiger partial charge in [-0.2, -0.15) is 5.10 Å². The third-order valence-corrected chi connectivity index (χ3v) is 5.39. The average Bonchev–Trinajstić information content (AvgIpc) is 3.18. The molecule has 1 aliphatic rings. The molecule has 28 heavy (non-hydrogen) atoms. The fourth-order valence-corrected chi connectivity index (χ4v) is 3.65. The molecule has 8 heteroatoms. The molecule has 0 spiro atoms. The first-order valence-corrected chi connectivity index (χ1v) is 9.64. The molecule has 0 amide bonds. The number of anilines is 1. The highest BCUT2D eigenvalue weighted by Crippen LogP contribution is 2.31. The summed E-state index contributed by atoms with van der Waals surface area (Å²) in [6, 6.07) is 7.45. The summed E-state index contributed by atoms with van der Waals surface area (Å²) < 4.78 is 29.6. The molecular formula is C20H24F2N6. The van der Waals surface area contributed by atoms with E-state index in [1.807, 2.05) is 4.90 Å². The van der Waals surface area contributed by atoms with Gasteiger partial charge in [0.1, 0.15) is 12.1 Å². The molecule has 2 N–H and O–H groups in total. The fourth-order valence-electron chi connectivity index (χ4n) is 3.65. The lowest BCUT2D eigenvalue weighted by molar-refractivity contribution is -0.0734. The second-order valence-corrected chi connectivity index (χ2v) is 7.30. The second-order valence-electron chi connectivity index (χ2n) is 7.30. The van der Waals surface area contributed by atoms with Crippen molar-refractivity contribution >= 4 is 16.9 Å². The number of nitrogens with zero attached hydrogens (tertiary/aromatic N) is 4. The molecule has 0 unspecified atom stereocenters. The number of aromatic nitrogens is 4. The third-order valence-electron chi connectivity index (χ3n) is 5.39. The van der Waals surface area contributed by atoms with Crippen LogP contribution in [-0.4, -0.2) is 56.7 Å². The van der Waals surface area contributed by atoms with Gasteiger partial charge in [-0.05, 0) is 30.4 Å². The zero-order chi connectivity index (χ0) is 19.6. The van der Waals surface area contributed by atoms with Crippen LogP contribution in [0.4, 0.5) is 14.6 Å². The molecule has 1 fully saturated rings. The van der Waals surface area contributed by atoms with E-state index in [1.54, 1.807) is 6.20 Å². The molecule has 2 aromatic heterocycles. The van der Waals surface area contributed by atoms with Crippen molar-refractivity contribution in [1.82, 2.24) is 25.1 Å². The molecule has 1 aliphatic heterocycles. The first kappa shape index (κ1) is 18.7. The van der Waals surface area contributed by atoms with Crippen LogP contribution in [-0.2, 0) is 12.8 Å². The van der Waals surface area contributed by atoms with Crippen LogP contribution in [0.2, 0.25) is 0 Å². The van der Waals surface area contributed by atoms with E-state index in [-0.39, 0.29) is 6.54 Å². The van der Waals surface area contributed by atoms with Crippen molar-refractivity contribution < 1.29 is 8.78 Å². The highest BCUT2D eigenvalue weighted by Gasteiger charge is 2.44. The lowest BCUT2D eigenvalue weighted by Gasteiger charge is -2.38. The standard InChI is InChI=1S/C20H24F2N6/c1-2-14-3-5-15(6-4-14)7-9-28-10-8-17(20(21,22)12-28)26-18-16-11-25-27-19(16)24-13-23-18/h3-6,11,13,17H,2,7-10,12H2,1H3,(H2,23,24,25,26,27)/t17-/m1/s1. The van der Waals surface area contributed by atoms with Crippen LogP contribution in [0.25, 0.3) is 11.0 Å². The number of nitrogens with one attached hydrogen (secondary N) is 2. The predicted molar refractivity (Wildman–Crippen MR) is 105 cm³/mol. The largest absolute Gasteiger partial charge is 0.360 e. The minimum Gasteiger partial charge on any atom is -0.360 e. The van der Waals surface area contributed by atoms with E-state index >= 15 is 0 Å². The van der Waals surface area contributed by atoms with Gasteiger partial charge in [0.25, 0.3) is 5.92 Å². The molecule has 3 aromatic rings. The van der Waals surface area contributed by atoms with E-state index in [0.717, 1.165) is 12.8 Å². The van der Waals surface area contributed by atoms with Crippen molar-refractivity contribution in [2.75, 3.05) is 25.0 Å². The molecule has 0 bridgehead atoms. The Morgan fingerprint density at radius 1 is 1.21 bits per heavy atom. The summed E-state index contributed by atoms with van der Waals surface area (Å²) in [5.74, 6) is -2.45. The summed E-state index contributed by atoms with van der Waals surface area (Å²) >= 11 is 0. The number of halogens is 2. The Morgan fingerprint density at radius 2 is 2.00 bits per heavy atom. The number of piperidine rings is 1. The number of fused-ring (bicyclic) bond motifs is 1. The molecular weight excluding hydrogens is 362 g/mol. The highest BCUT2D eigenvalue weighted by atomic mass is 19.3. The molecule has 1 saturated heterocycles. The Balaban J connectivity index is 1.36. The summed E-state index contributed by atoms with van der Waals surface area (Å²) in [4.78, 5) is 10.0. The van der Waals surface area contributed by atoms with E-state index < -0.39 is 12.0 Å². The number of hydrogen-bond acceptors (Lipinski definition) is 5. The van der Waals surface area contributed by atoms with E-state index in [9.17, 15) is 8.78 Å². The summed E-state index contributed by atoms with van der Waals surface area (Å²) in [7, 11) is 0. The Morgan fingerprint density at radius 3 is 2.75 bits per heavy atom. The van der Waals surface area contributed by atoms with Crippen molar-refractivity contribution in [3.05, 3.63) is 47.9 Å². The lowest BCUT2D eigenvalue weighted by Crippen LogP contribution is -2.54. The van der Waals surface area contributed by atoms with Gasteiger partial charge in [0.2, 0.25) is 0 Å². The normalized spacial score (nSPS) is 19.8. The zero-order valence-corrected chi connectivity index (χ0v) is 15.8. The molecule has 6 nitrogen and oxygen atoms in total. The number of benzene rings is 1. The lowest BCUT2D eigenvalue weighted by atomic mass is 9.99.